The molecule has 0 saturated heterocycles. The summed E-state index contributed by atoms with van der Waals surface area (Å²) in [6, 6.07) is 10.0. The van der Waals surface area contributed by atoms with E-state index in [0.29, 0.717) is 18.7 Å². The van der Waals surface area contributed by atoms with Crippen LogP contribution in [0, 0.1) is 13.8 Å². The third kappa shape index (κ3) is 3.32. The van der Waals surface area contributed by atoms with E-state index >= 15 is 0 Å². The second kappa shape index (κ2) is 7.11. The molecule has 1 aromatic carbocycles. The van der Waals surface area contributed by atoms with E-state index in [0.717, 1.165) is 32.6 Å². The van der Waals surface area contributed by atoms with E-state index in [9.17, 15) is 4.79 Å². The smallest absolute Gasteiger partial charge is 0.252 e. The van der Waals surface area contributed by atoms with Crippen LogP contribution >= 0.6 is 11.3 Å². The van der Waals surface area contributed by atoms with Gasteiger partial charge in [0, 0.05) is 19.0 Å². The van der Waals surface area contributed by atoms with Crippen LogP contribution in [0.1, 0.15) is 21.5 Å². The van der Waals surface area contributed by atoms with Gasteiger partial charge in [-0.3, -0.25) is 4.79 Å². The number of nitrogens with one attached hydrogen (secondary N) is 1. The average molecular weight is 340 g/mol. The third-order valence-electron chi connectivity index (χ3n) is 3.86. The van der Waals surface area contributed by atoms with Crippen molar-refractivity contribution in [3.05, 3.63) is 52.4 Å². The van der Waals surface area contributed by atoms with Crippen molar-refractivity contribution in [2.24, 2.45) is 0 Å². The molecule has 0 saturated carbocycles. The highest BCUT2D eigenvalue weighted by atomic mass is 32.1. The highest BCUT2D eigenvalue weighted by Crippen LogP contribution is 2.30. The molecule has 0 aliphatic heterocycles. The summed E-state index contributed by atoms with van der Waals surface area (Å²) in [4.78, 5) is 18.5. The molecular formula is C19H20N2O2S. The molecule has 1 N–H and O–H groups in total. The molecule has 3 aromatic rings. The van der Waals surface area contributed by atoms with Gasteiger partial charge in [-0.25, -0.2) is 4.98 Å². The van der Waals surface area contributed by atoms with E-state index in [1.165, 1.54) is 0 Å². The highest BCUT2D eigenvalue weighted by Gasteiger charge is 2.15. The maximum atomic E-state index is 12.7. The Balaban J connectivity index is 2.15. The van der Waals surface area contributed by atoms with Gasteiger partial charge in [-0.15, -0.1) is 11.3 Å². The van der Waals surface area contributed by atoms with Crippen molar-refractivity contribution >= 4 is 28.1 Å². The molecule has 0 radical (unpaired) electrons. The first-order valence-electron chi connectivity index (χ1n) is 7.83. The molecule has 2 heterocycles. The van der Waals surface area contributed by atoms with Crippen LogP contribution in [0.2, 0.25) is 0 Å². The lowest BCUT2D eigenvalue weighted by Crippen LogP contribution is -2.27. The summed E-state index contributed by atoms with van der Waals surface area (Å²) >= 11 is 1.62. The number of nitrogens with zero attached hydrogens (tertiary/aromatic N) is 1. The quantitative estimate of drug-likeness (QED) is 0.715. The lowest BCUT2D eigenvalue weighted by molar-refractivity contribution is 0.0938. The van der Waals surface area contributed by atoms with Crippen molar-refractivity contribution in [1.29, 1.82) is 0 Å². The fourth-order valence-corrected chi connectivity index (χ4v) is 3.47. The first-order valence-corrected chi connectivity index (χ1v) is 8.71. The summed E-state index contributed by atoms with van der Waals surface area (Å²) < 4.78 is 5.01. The topological polar surface area (TPSA) is 51.2 Å². The molecule has 5 heteroatoms. The number of carbonyl (C=O) groups excluding carboxylic acids is 1. The molecule has 124 valence electrons. The lowest BCUT2D eigenvalue weighted by atomic mass is 10.0. The largest absolute Gasteiger partial charge is 0.383 e. The highest BCUT2D eigenvalue weighted by molar-refractivity contribution is 7.13. The van der Waals surface area contributed by atoms with Crippen molar-refractivity contribution in [2.75, 3.05) is 20.3 Å². The summed E-state index contributed by atoms with van der Waals surface area (Å²) in [6.07, 6.45) is 0. The molecule has 1 amide bonds. The van der Waals surface area contributed by atoms with Crippen molar-refractivity contribution < 1.29 is 9.53 Å². The van der Waals surface area contributed by atoms with Gasteiger partial charge in [-0.2, -0.15) is 0 Å². The van der Waals surface area contributed by atoms with Crippen LogP contribution < -0.4 is 5.32 Å². The van der Waals surface area contributed by atoms with Gasteiger partial charge >= 0.3 is 0 Å². The Morgan fingerprint density at radius 3 is 2.83 bits per heavy atom. The molecule has 2 aromatic heterocycles. The molecule has 0 aliphatic rings. The molecule has 4 nitrogen and oxygen atoms in total. The first-order chi connectivity index (χ1) is 11.6. The Bertz CT molecular complexity index is 873. The molecule has 0 fully saturated rings. The lowest BCUT2D eigenvalue weighted by Gasteiger charge is -2.12. The zero-order valence-electron chi connectivity index (χ0n) is 14.1. The second-order valence-electron chi connectivity index (χ2n) is 5.76. The molecular weight excluding hydrogens is 320 g/mol. The minimum Gasteiger partial charge on any atom is -0.383 e. The monoisotopic (exact) mass is 340 g/mol. The number of fused-ring (bicyclic) bond motifs is 1. The van der Waals surface area contributed by atoms with E-state index in [1.54, 1.807) is 18.4 Å². The number of ether oxygens (including phenoxy) is 1. The van der Waals surface area contributed by atoms with E-state index in [4.69, 9.17) is 9.72 Å². The van der Waals surface area contributed by atoms with Crippen LogP contribution in [0.3, 0.4) is 0 Å². The number of methoxy groups -OCH3 is 1. The zero-order chi connectivity index (χ0) is 17.1. The van der Waals surface area contributed by atoms with Crippen molar-refractivity contribution in [2.45, 2.75) is 13.8 Å². The summed E-state index contributed by atoms with van der Waals surface area (Å²) in [6.45, 7) is 5.04. The zero-order valence-corrected chi connectivity index (χ0v) is 14.9. The van der Waals surface area contributed by atoms with Crippen LogP contribution in [-0.2, 0) is 4.74 Å². The van der Waals surface area contributed by atoms with Crippen molar-refractivity contribution in [1.82, 2.24) is 10.3 Å². The van der Waals surface area contributed by atoms with E-state index < -0.39 is 0 Å². The number of thiophene rings is 1. The maximum Gasteiger partial charge on any atom is 0.252 e. The van der Waals surface area contributed by atoms with Gasteiger partial charge in [-0.1, -0.05) is 17.7 Å². The van der Waals surface area contributed by atoms with Crippen molar-refractivity contribution in [3.8, 4) is 10.6 Å². The van der Waals surface area contributed by atoms with Gasteiger partial charge in [0.1, 0.15) is 0 Å². The maximum absolute atomic E-state index is 12.7. The molecule has 24 heavy (non-hydrogen) atoms. The Kier molecular flexibility index (Phi) is 4.92. The van der Waals surface area contributed by atoms with Crippen molar-refractivity contribution in [3.63, 3.8) is 0 Å². The van der Waals surface area contributed by atoms with E-state index in [-0.39, 0.29) is 5.91 Å². The minimum atomic E-state index is -0.0951. The Hall–Kier alpha value is -2.24. The molecule has 3 rings (SSSR count). The fraction of sp³-hybridized carbons (Fsp3) is 0.263. The number of aryl methyl sites for hydroxylation is 2. The Morgan fingerprint density at radius 1 is 1.29 bits per heavy atom. The SMILES string of the molecule is COCCNC(=O)c1cc(-c2cccs2)nc2c(C)cc(C)cc12. The van der Waals surface area contributed by atoms with Crippen LogP contribution in [0.15, 0.2) is 35.7 Å². The van der Waals surface area contributed by atoms with Gasteiger partial charge in [0.15, 0.2) is 0 Å². The Morgan fingerprint density at radius 2 is 2.12 bits per heavy atom. The minimum absolute atomic E-state index is 0.0951. The predicted molar refractivity (Wildman–Crippen MR) is 98.7 cm³/mol. The van der Waals surface area contributed by atoms with Gasteiger partial charge in [0.05, 0.1) is 28.3 Å². The van der Waals surface area contributed by atoms with Crippen LogP contribution in [0.4, 0.5) is 0 Å². The molecule has 0 spiro atoms. The van der Waals surface area contributed by atoms with Gasteiger partial charge < -0.3 is 10.1 Å². The number of hydrogen-bond acceptors (Lipinski definition) is 4. The average Bonchev–Trinajstić information content (AvgIpc) is 3.08. The number of carbonyl (C=O) groups is 1. The Labute approximate surface area is 145 Å². The van der Waals surface area contributed by atoms with E-state index in [1.807, 2.05) is 43.5 Å². The summed E-state index contributed by atoms with van der Waals surface area (Å²) in [5.41, 5.74) is 4.57. The molecule has 0 bridgehead atoms. The number of amides is 1. The summed E-state index contributed by atoms with van der Waals surface area (Å²) in [5.74, 6) is -0.0951. The molecule has 0 unspecified atom stereocenters. The number of hydrogen-bond donors (Lipinski definition) is 1. The van der Waals surface area contributed by atoms with Gasteiger partial charge in [0.2, 0.25) is 0 Å². The normalized spacial score (nSPS) is 11.0. The number of benzene rings is 1. The second-order valence-corrected chi connectivity index (χ2v) is 6.71. The number of pyridine rings is 1. The standard InChI is InChI=1S/C19H20N2O2S/c1-12-9-13(2)18-14(10-12)15(19(22)20-6-7-23-3)11-16(21-18)17-5-4-8-24-17/h4-5,8-11H,6-7H2,1-3H3,(H,20,22). The molecule has 0 aliphatic carbocycles. The van der Waals surface area contributed by atoms with Crippen LogP contribution in [-0.4, -0.2) is 31.2 Å². The van der Waals surface area contributed by atoms with Crippen LogP contribution in [0.25, 0.3) is 21.5 Å². The fourth-order valence-electron chi connectivity index (χ4n) is 2.78. The predicted octanol–water partition coefficient (Wildman–Crippen LogP) is 3.96. The summed E-state index contributed by atoms with van der Waals surface area (Å²) in [7, 11) is 1.62. The first kappa shape index (κ1) is 16.6. The van der Waals surface area contributed by atoms with Crippen LogP contribution in [0.5, 0.6) is 0 Å². The third-order valence-corrected chi connectivity index (χ3v) is 4.75. The molecule has 0 atom stereocenters. The van der Waals surface area contributed by atoms with E-state index in [2.05, 4.69) is 11.4 Å². The van der Waals surface area contributed by atoms with Gasteiger partial charge in [-0.05, 0) is 43.0 Å². The van der Waals surface area contributed by atoms with Gasteiger partial charge in [0.25, 0.3) is 5.91 Å². The number of rotatable bonds is 5. The summed E-state index contributed by atoms with van der Waals surface area (Å²) in [5, 5.41) is 5.82. The number of aromatic nitrogens is 1.